The normalized spacial score (nSPS) is 10.8. The molecule has 0 saturated carbocycles. The number of carbonyl (C=O) groups excluding carboxylic acids is 1. The summed E-state index contributed by atoms with van der Waals surface area (Å²) in [6.45, 7) is 1.98. The fourth-order valence-electron chi connectivity index (χ4n) is 2.54. The first kappa shape index (κ1) is 18.7. The van der Waals surface area contributed by atoms with Gasteiger partial charge in [-0.15, -0.1) is 11.3 Å². The predicted molar refractivity (Wildman–Crippen MR) is 109 cm³/mol. The molecular weight excluding hydrogens is 360 g/mol. The number of aryl methyl sites for hydroxylation is 1. The van der Waals surface area contributed by atoms with Gasteiger partial charge in [0.25, 0.3) is 0 Å². The molecule has 0 aliphatic rings. The van der Waals surface area contributed by atoms with E-state index in [1.165, 1.54) is 6.08 Å². The molecule has 138 valence electrons. The van der Waals surface area contributed by atoms with E-state index in [0.29, 0.717) is 11.5 Å². The van der Waals surface area contributed by atoms with Crippen molar-refractivity contribution in [2.45, 2.75) is 6.92 Å². The minimum absolute atomic E-state index is 0.225. The summed E-state index contributed by atoms with van der Waals surface area (Å²) >= 11 is 1.61. The molecule has 27 heavy (non-hydrogen) atoms. The SMILES string of the molecule is COc1ccc(OC)c(/C=C/C(=O)Nc2ccc(-c3csc(C)n3)cc2)c1. The topological polar surface area (TPSA) is 60.5 Å². The van der Waals surface area contributed by atoms with Crippen molar-refractivity contribution in [2.75, 3.05) is 19.5 Å². The maximum absolute atomic E-state index is 12.2. The van der Waals surface area contributed by atoms with Gasteiger partial charge in [0.05, 0.1) is 24.9 Å². The van der Waals surface area contributed by atoms with Crippen LogP contribution in [0.1, 0.15) is 10.6 Å². The van der Waals surface area contributed by atoms with Crippen LogP contribution in [0.5, 0.6) is 11.5 Å². The molecule has 0 radical (unpaired) electrons. The Labute approximate surface area is 162 Å². The lowest BCUT2D eigenvalue weighted by molar-refractivity contribution is -0.111. The van der Waals surface area contributed by atoms with E-state index in [4.69, 9.17) is 9.47 Å². The van der Waals surface area contributed by atoms with Crippen molar-refractivity contribution in [3.63, 3.8) is 0 Å². The van der Waals surface area contributed by atoms with Crippen LogP contribution in [0, 0.1) is 6.92 Å². The zero-order valence-corrected chi connectivity index (χ0v) is 16.2. The van der Waals surface area contributed by atoms with Crippen LogP contribution >= 0.6 is 11.3 Å². The number of methoxy groups -OCH3 is 2. The van der Waals surface area contributed by atoms with Crippen LogP contribution in [0.3, 0.4) is 0 Å². The Morgan fingerprint density at radius 3 is 2.52 bits per heavy atom. The van der Waals surface area contributed by atoms with Crippen molar-refractivity contribution >= 4 is 29.0 Å². The average molecular weight is 380 g/mol. The molecule has 5 nitrogen and oxygen atoms in total. The number of anilines is 1. The molecule has 2 aromatic carbocycles. The molecule has 0 spiro atoms. The lowest BCUT2D eigenvalue weighted by atomic mass is 10.1. The third kappa shape index (κ3) is 4.74. The maximum Gasteiger partial charge on any atom is 0.248 e. The molecular formula is C21H20N2O3S. The molecule has 1 amide bonds. The number of carbonyl (C=O) groups is 1. The number of hydrogen-bond acceptors (Lipinski definition) is 5. The highest BCUT2D eigenvalue weighted by Gasteiger charge is 2.05. The van der Waals surface area contributed by atoms with Gasteiger partial charge in [-0.25, -0.2) is 4.98 Å². The Bertz CT molecular complexity index is 962. The van der Waals surface area contributed by atoms with Gasteiger partial charge in [-0.05, 0) is 43.3 Å². The summed E-state index contributed by atoms with van der Waals surface area (Å²) in [6.07, 6.45) is 3.16. The molecule has 3 rings (SSSR count). The van der Waals surface area contributed by atoms with Gasteiger partial charge in [-0.2, -0.15) is 0 Å². The van der Waals surface area contributed by atoms with Crippen LogP contribution in [-0.4, -0.2) is 25.1 Å². The highest BCUT2D eigenvalue weighted by molar-refractivity contribution is 7.09. The quantitative estimate of drug-likeness (QED) is 0.625. The zero-order valence-electron chi connectivity index (χ0n) is 15.4. The predicted octanol–water partition coefficient (Wildman–Crippen LogP) is 4.79. The van der Waals surface area contributed by atoms with E-state index in [0.717, 1.165) is 27.5 Å². The number of ether oxygens (including phenoxy) is 2. The van der Waals surface area contributed by atoms with E-state index in [1.807, 2.05) is 48.7 Å². The number of nitrogens with zero attached hydrogens (tertiary/aromatic N) is 1. The van der Waals surface area contributed by atoms with E-state index in [2.05, 4.69) is 10.3 Å². The largest absolute Gasteiger partial charge is 0.497 e. The monoisotopic (exact) mass is 380 g/mol. The molecule has 0 atom stereocenters. The second-order valence-corrected chi connectivity index (χ2v) is 6.82. The van der Waals surface area contributed by atoms with Gasteiger partial charge in [0.1, 0.15) is 11.5 Å². The lowest BCUT2D eigenvalue weighted by Crippen LogP contribution is -2.07. The molecule has 1 aromatic heterocycles. The molecule has 1 heterocycles. The van der Waals surface area contributed by atoms with E-state index in [9.17, 15) is 4.79 Å². The van der Waals surface area contributed by atoms with Crippen molar-refractivity contribution in [3.05, 3.63) is 64.5 Å². The number of nitrogens with one attached hydrogen (secondary N) is 1. The Morgan fingerprint density at radius 1 is 1.11 bits per heavy atom. The molecule has 3 aromatic rings. The highest BCUT2D eigenvalue weighted by atomic mass is 32.1. The summed E-state index contributed by atoms with van der Waals surface area (Å²) in [6, 6.07) is 13.0. The summed E-state index contributed by atoms with van der Waals surface area (Å²) in [7, 11) is 3.18. The second-order valence-electron chi connectivity index (χ2n) is 5.76. The van der Waals surface area contributed by atoms with Crippen LogP contribution < -0.4 is 14.8 Å². The van der Waals surface area contributed by atoms with E-state index in [-0.39, 0.29) is 5.91 Å². The molecule has 1 N–H and O–H groups in total. The zero-order chi connectivity index (χ0) is 19.2. The molecule has 0 aliphatic heterocycles. The van der Waals surface area contributed by atoms with Crippen molar-refractivity contribution in [2.24, 2.45) is 0 Å². The van der Waals surface area contributed by atoms with Gasteiger partial charge in [-0.3, -0.25) is 4.79 Å². The number of thiazole rings is 1. The Kier molecular flexibility index (Phi) is 5.88. The number of rotatable bonds is 6. The first-order valence-corrected chi connectivity index (χ1v) is 9.20. The van der Waals surface area contributed by atoms with E-state index in [1.54, 1.807) is 37.7 Å². The van der Waals surface area contributed by atoms with Crippen LogP contribution in [0.4, 0.5) is 5.69 Å². The minimum Gasteiger partial charge on any atom is -0.497 e. The number of aromatic nitrogens is 1. The van der Waals surface area contributed by atoms with Gasteiger partial charge in [0.2, 0.25) is 5.91 Å². The lowest BCUT2D eigenvalue weighted by Gasteiger charge is -2.07. The van der Waals surface area contributed by atoms with Crippen LogP contribution in [0.25, 0.3) is 17.3 Å². The van der Waals surface area contributed by atoms with Crippen molar-refractivity contribution in [1.82, 2.24) is 4.98 Å². The molecule has 0 saturated heterocycles. The van der Waals surface area contributed by atoms with Crippen LogP contribution in [-0.2, 0) is 4.79 Å². The molecule has 0 fully saturated rings. The van der Waals surface area contributed by atoms with Crippen molar-refractivity contribution in [1.29, 1.82) is 0 Å². The Balaban J connectivity index is 1.68. The van der Waals surface area contributed by atoms with Crippen molar-refractivity contribution in [3.8, 4) is 22.8 Å². The third-order valence-corrected chi connectivity index (χ3v) is 4.69. The standard InChI is InChI=1S/C21H20N2O3S/c1-14-22-19(13-27-14)15-4-7-17(8-5-15)23-21(24)11-6-16-12-18(25-2)9-10-20(16)26-3/h4-13H,1-3H3,(H,23,24)/b11-6+. The molecule has 0 aliphatic carbocycles. The number of benzene rings is 2. The fraction of sp³-hybridized carbons (Fsp3) is 0.143. The third-order valence-electron chi connectivity index (χ3n) is 3.92. The smallest absolute Gasteiger partial charge is 0.248 e. The maximum atomic E-state index is 12.2. The van der Waals surface area contributed by atoms with Crippen LogP contribution in [0.15, 0.2) is 53.9 Å². The van der Waals surface area contributed by atoms with Gasteiger partial charge < -0.3 is 14.8 Å². The van der Waals surface area contributed by atoms with Gasteiger partial charge >= 0.3 is 0 Å². The first-order chi connectivity index (χ1) is 13.1. The van der Waals surface area contributed by atoms with Crippen molar-refractivity contribution < 1.29 is 14.3 Å². The Morgan fingerprint density at radius 2 is 1.89 bits per heavy atom. The number of hydrogen-bond donors (Lipinski definition) is 1. The average Bonchev–Trinajstić information content (AvgIpc) is 3.13. The molecule has 0 unspecified atom stereocenters. The van der Waals surface area contributed by atoms with Gasteiger partial charge in [0.15, 0.2) is 0 Å². The van der Waals surface area contributed by atoms with Gasteiger partial charge in [0, 0.05) is 28.3 Å². The summed E-state index contributed by atoms with van der Waals surface area (Å²) in [4.78, 5) is 16.7. The highest BCUT2D eigenvalue weighted by Crippen LogP contribution is 2.25. The minimum atomic E-state index is -0.225. The first-order valence-electron chi connectivity index (χ1n) is 8.32. The van der Waals surface area contributed by atoms with Crippen LogP contribution in [0.2, 0.25) is 0 Å². The van der Waals surface area contributed by atoms with E-state index < -0.39 is 0 Å². The summed E-state index contributed by atoms with van der Waals surface area (Å²) in [5, 5.41) is 5.90. The summed E-state index contributed by atoms with van der Waals surface area (Å²) < 4.78 is 10.5. The number of amides is 1. The molecule has 6 heteroatoms. The van der Waals surface area contributed by atoms with E-state index >= 15 is 0 Å². The summed E-state index contributed by atoms with van der Waals surface area (Å²) in [5.41, 5.74) is 3.45. The summed E-state index contributed by atoms with van der Waals surface area (Å²) in [5.74, 6) is 1.14. The fourth-order valence-corrected chi connectivity index (χ4v) is 3.16. The Hall–Kier alpha value is -3.12. The van der Waals surface area contributed by atoms with Gasteiger partial charge in [-0.1, -0.05) is 12.1 Å². The molecule has 0 bridgehead atoms. The second kappa shape index (κ2) is 8.51.